The molecule has 0 aromatic heterocycles. The molecule has 2 bridgehead atoms. The number of rotatable bonds is 21. The Labute approximate surface area is 264 Å². The summed E-state index contributed by atoms with van der Waals surface area (Å²) in [5.41, 5.74) is 3.98. The molecule has 0 spiro atoms. The van der Waals surface area contributed by atoms with Crippen LogP contribution in [0.25, 0.3) is 0 Å². The van der Waals surface area contributed by atoms with E-state index in [2.05, 4.69) is 61.2 Å². The topological polar surface area (TPSA) is 67.9 Å². The second-order valence-electron chi connectivity index (χ2n) is 12.6. The van der Waals surface area contributed by atoms with Crippen LogP contribution >= 0.6 is 0 Å². The van der Waals surface area contributed by atoms with E-state index in [0.717, 1.165) is 24.6 Å². The van der Waals surface area contributed by atoms with Crippen LogP contribution in [0.5, 0.6) is 5.75 Å². The number of piperidine rings is 1. The first kappa shape index (κ1) is 33.3. The first-order chi connectivity index (χ1) is 21.6. The van der Waals surface area contributed by atoms with E-state index in [0.29, 0.717) is 84.6 Å². The van der Waals surface area contributed by atoms with Gasteiger partial charge in [-0.1, -0.05) is 50.2 Å². The second kappa shape index (κ2) is 17.0. The molecule has 0 amide bonds. The van der Waals surface area contributed by atoms with E-state index < -0.39 is 0 Å². The number of ether oxygens (including phenoxy) is 7. The SMILES string of the molecule is COCCOCCOCCOCCOCCO[C@@H]1c2ccc(OCc3ccccc3)cc2[C@]2(C)CCN(CC3CC3)[C@H]1[C@@H]2C. The first-order valence-electron chi connectivity index (χ1n) is 16.6. The monoisotopic (exact) mass is 611 g/mol. The average Bonchev–Trinajstić information content (AvgIpc) is 3.87. The number of hydrogen-bond acceptors (Lipinski definition) is 8. The number of benzene rings is 2. The van der Waals surface area contributed by atoms with E-state index in [1.165, 1.54) is 36.1 Å². The van der Waals surface area contributed by atoms with E-state index in [4.69, 9.17) is 33.2 Å². The fourth-order valence-corrected chi connectivity index (χ4v) is 6.74. The van der Waals surface area contributed by atoms with Crippen LogP contribution in [0.2, 0.25) is 0 Å². The van der Waals surface area contributed by atoms with Crippen molar-refractivity contribution in [2.75, 3.05) is 86.3 Å². The van der Waals surface area contributed by atoms with Crippen LogP contribution in [0.3, 0.4) is 0 Å². The molecule has 2 aromatic carbocycles. The average molecular weight is 612 g/mol. The molecule has 2 aliphatic carbocycles. The molecule has 8 nitrogen and oxygen atoms in total. The Hall–Kier alpha value is -2.04. The van der Waals surface area contributed by atoms with Gasteiger partial charge in [-0.15, -0.1) is 0 Å². The maximum Gasteiger partial charge on any atom is 0.120 e. The third kappa shape index (κ3) is 9.03. The number of fused-ring (bicyclic) bond motifs is 4. The molecule has 0 N–H and O–H groups in total. The summed E-state index contributed by atoms with van der Waals surface area (Å²) in [4.78, 5) is 2.74. The van der Waals surface area contributed by atoms with Gasteiger partial charge in [-0.05, 0) is 71.9 Å². The van der Waals surface area contributed by atoms with E-state index >= 15 is 0 Å². The highest BCUT2D eigenvalue weighted by Crippen LogP contribution is 2.54. The van der Waals surface area contributed by atoms with Gasteiger partial charge in [0.05, 0.1) is 72.2 Å². The maximum atomic E-state index is 6.73. The molecule has 8 heteroatoms. The van der Waals surface area contributed by atoms with Crippen LogP contribution in [0, 0.1) is 11.8 Å². The number of nitrogens with zero attached hydrogens (tertiary/aromatic N) is 1. The Morgan fingerprint density at radius 2 is 1.43 bits per heavy atom. The van der Waals surface area contributed by atoms with Crippen molar-refractivity contribution in [3.8, 4) is 5.75 Å². The molecule has 3 aliphatic rings. The van der Waals surface area contributed by atoms with Gasteiger partial charge in [-0.3, -0.25) is 4.90 Å². The Kier molecular flexibility index (Phi) is 12.9. The lowest BCUT2D eigenvalue weighted by atomic mass is 9.58. The summed E-state index contributed by atoms with van der Waals surface area (Å²) in [5, 5.41) is 0. The highest BCUT2D eigenvalue weighted by atomic mass is 16.6. The molecule has 1 saturated heterocycles. The normalized spacial score (nSPS) is 24.8. The van der Waals surface area contributed by atoms with Crippen LogP contribution in [-0.4, -0.2) is 97.2 Å². The zero-order valence-corrected chi connectivity index (χ0v) is 27.0. The van der Waals surface area contributed by atoms with Crippen LogP contribution in [0.4, 0.5) is 0 Å². The van der Waals surface area contributed by atoms with E-state index in [9.17, 15) is 0 Å². The van der Waals surface area contributed by atoms with Crippen molar-refractivity contribution >= 4 is 0 Å². The first-order valence-corrected chi connectivity index (χ1v) is 16.6. The molecule has 2 aromatic rings. The van der Waals surface area contributed by atoms with Crippen molar-refractivity contribution in [2.24, 2.45) is 11.8 Å². The minimum atomic E-state index is 0.0192. The van der Waals surface area contributed by atoms with Crippen molar-refractivity contribution in [2.45, 2.75) is 57.3 Å². The summed E-state index contributed by atoms with van der Waals surface area (Å²) in [6.07, 6.45) is 3.91. The predicted octanol–water partition coefficient (Wildman–Crippen LogP) is 5.43. The van der Waals surface area contributed by atoms with Gasteiger partial charge in [-0.25, -0.2) is 0 Å². The fraction of sp³-hybridized carbons (Fsp3) is 0.667. The Morgan fingerprint density at radius 3 is 2.07 bits per heavy atom. The summed E-state index contributed by atoms with van der Waals surface area (Å²) in [5.74, 6) is 2.26. The summed E-state index contributed by atoms with van der Waals surface area (Å²) in [6, 6.07) is 17.4. The lowest BCUT2D eigenvalue weighted by Crippen LogP contribution is -2.60. The molecule has 5 rings (SSSR count). The minimum Gasteiger partial charge on any atom is -0.489 e. The van der Waals surface area contributed by atoms with Crippen molar-refractivity contribution in [1.82, 2.24) is 4.90 Å². The molecule has 4 atom stereocenters. The van der Waals surface area contributed by atoms with Crippen LogP contribution in [-0.2, 0) is 40.4 Å². The number of likely N-dealkylation sites (tertiary alicyclic amines) is 1. The summed E-state index contributed by atoms with van der Waals surface area (Å²) in [6.45, 7) is 13.4. The third-order valence-electron chi connectivity index (χ3n) is 9.62. The van der Waals surface area contributed by atoms with Gasteiger partial charge in [0.15, 0.2) is 0 Å². The van der Waals surface area contributed by atoms with Crippen molar-refractivity contribution in [1.29, 1.82) is 0 Å². The molecule has 1 saturated carbocycles. The lowest BCUT2D eigenvalue weighted by Gasteiger charge is -2.57. The van der Waals surface area contributed by atoms with Gasteiger partial charge < -0.3 is 33.2 Å². The molecule has 0 radical (unpaired) electrons. The third-order valence-corrected chi connectivity index (χ3v) is 9.62. The highest BCUT2D eigenvalue weighted by molar-refractivity contribution is 5.46. The van der Waals surface area contributed by atoms with Gasteiger partial charge in [0.2, 0.25) is 0 Å². The van der Waals surface area contributed by atoms with E-state index in [1.807, 2.05) is 6.07 Å². The summed E-state index contributed by atoms with van der Waals surface area (Å²) >= 11 is 0. The minimum absolute atomic E-state index is 0.0192. The largest absolute Gasteiger partial charge is 0.489 e. The van der Waals surface area contributed by atoms with Gasteiger partial charge >= 0.3 is 0 Å². The predicted molar refractivity (Wildman–Crippen MR) is 170 cm³/mol. The van der Waals surface area contributed by atoms with Crippen molar-refractivity contribution < 1.29 is 33.2 Å². The van der Waals surface area contributed by atoms with Crippen molar-refractivity contribution in [3.63, 3.8) is 0 Å². The van der Waals surface area contributed by atoms with Crippen LogP contribution in [0.15, 0.2) is 48.5 Å². The molecule has 0 unspecified atom stereocenters. The van der Waals surface area contributed by atoms with Crippen LogP contribution < -0.4 is 4.74 Å². The zero-order chi connectivity index (χ0) is 30.6. The molecule has 44 heavy (non-hydrogen) atoms. The summed E-state index contributed by atoms with van der Waals surface area (Å²) in [7, 11) is 1.66. The standard InChI is InChI=1S/C36H53NO7/c1-28-34-35(43-24-23-42-22-21-41-20-19-40-18-17-39-16-15-38-3)32-12-11-31(44-27-30-7-5-4-6-8-30)25-33(32)36(28,2)13-14-37(34)26-29-9-10-29/h4-8,11-12,25,28-29,34-35H,9-10,13-24,26-27H2,1-3H3/t28-,34-,35+,36+/m0/s1. The Balaban J connectivity index is 1.11. The van der Waals surface area contributed by atoms with E-state index in [1.54, 1.807) is 7.11 Å². The zero-order valence-electron chi connectivity index (χ0n) is 27.0. The van der Waals surface area contributed by atoms with Crippen molar-refractivity contribution in [3.05, 3.63) is 65.2 Å². The number of methoxy groups -OCH3 is 1. The number of hydrogen-bond donors (Lipinski definition) is 0. The summed E-state index contributed by atoms with van der Waals surface area (Å²) < 4.78 is 40.4. The van der Waals surface area contributed by atoms with E-state index in [-0.39, 0.29) is 11.5 Å². The molecule has 1 heterocycles. The van der Waals surface area contributed by atoms with Gasteiger partial charge in [0.1, 0.15) is 12.4 Å². The van der Waals surface area contributed by atoms with Gasteiger partial charge in [0.25, 0.3) is 0 Å². The second-order valence-corrected chi connectivity index (χ2v) is 12.6. The molecule has 244 valence electrons. The van der Waals surface area contributed by atoms with Gasteiger partial charge in [-0.2, -0.15) is 0 Å². The molecular formula is C36H53NO7. The van der Waals surface area contributed by atoms with Crippen LogP contribution in [0.1, 0.15) is 55.9 Å². The molecular weight excluding hydrogens is 558 g/mol. The molecule has 1 aliphatic heterocycles. The highest BCUT2D eigenvalue weighted by Gasteiger charge is 2.53. The fourth-order valence-electron chi connectivity index (χ4n) is 6.74. The van der Waals surface area contributed by atoms with Gasteiger partial charge in [0, 0.05) is 19.7 Å². The quantitative estimate of drug-likeness (QED) is 0.173. The lowest BCUT2D eigenvalue weighted by molar-refractivity contribution is -0.0979. The Bertz CT molecular complexity index is 1110. The smallest absolute Gasteiger partial charge is 0.120 e. The molecule has 2 fully saturated rings. The maximum absolute atomic E-state index is 6.73. The Morgan fingerprint density at radius 1 is 0.795 bits per heavy atom.